The molecular formula is C11H13BrF3NO3. The van der Waals surface area contributed by atoms with Crippen LogP contribution in [-0.2, 0) is 9.47 Å². The van der Waals surface area contributed by atoms with Crippen LogP contribution in [0.5, 0.6) is 5.75 Å². The fourth-order valence-corrected chi connectivity index (χ4v) is 1.65. The average Bonchev–Trinajstić information content (AvgIpc) is 2.30. The van der Waals surface area contributed by atoms with Gasteiger partial charge in [0.25, 0.3) is 0 Å². The number of ether oxygens (including phenoxy) is 3. The molecule has 0 radical (unpaired) electrons. The average molecular weight is 344 g/mol. The lowest BCUT2D eigenvalue weighted by atomic mass is 10.3. The lowest BCUT2D eigenvalue weighted by molar-refractivity contribution is -0.274. The standard InChI is InChI=1S/C11H13BrF3NO3/c1-17-10(18-2)6-16-8-4-3-7(12)5-9(8)19-11(13,14)15/h3-5,10,16H,6H2,1-2H3. The van der Waals surface area contributed by atoms with Crippen molar-refractivity contribution in [3.8, 4) is 5.75 Å². The van der Waals surface area contributed by atoms with Crippen LogP contribution >= 0.6 is 15.9 Å². The van der Waals surface area contributed by atoms with Crippen molar-refractivity contribution in [2.45, 2.75) is 12.7 Å². The van der Waals surface area contributed by atoms with Gasteiger partial charge in [0.15, 0.2) is 12.0 Å². The highest BCUT2D eigenvalue weighted by molar-refractivity contribution is 9.10. The Kier molecular flexibility index (Phi) is 5.89. The zero-order chi connectivity index (χ0) is 14.5. The van der Waals surface area contributed by atoms with Crippen molar-refractivity contribution in [2.75, 3.05) is 26.1 Å². The lowest BCUT2D eigenvalue weighted by Crippen LogP contribution is -2.24. The lowest BCUT2D eigenvalue weighted by Gasteiger charge is -2.18. The maximum atomic E-state index is 12.3. The second kappa shape index (κ2) is 6.97. The Morgan fingerprint density at radius 1 is 1.26 bits per heavy atom. The van der Waals surface area contributed by atoms with E-state index in [0.717, 1.165) is 0 Å². The molecule has 19 heavy (non-hydrogen) atoms. The minimum absolute atomic E-state index is 0.183. The molecule has 0 amide bonds. The van der Waals surface area contributed by atoms with Crippen LogP contribution in [0.2, 0.25) is 0 Å². The van der Waals surface area contributed by atoms with Crippen LogP contribution < -0.4 is 10.1 Å². The van der Waals surface area contributed by atoms with Gasteiger partial charge in [0.05, 0.1) is 12.2 Å². The smallest absolute Gasteiger partial charge is 0.404 e. The fraction of sp³-hybridized carbons (Fsp3) is 0.455. The Bertz CT molecular complexity index is 411. The predicted octanol–water partition coefficient (Wildman–Crippen LogP) is 3.38. The highest BCUT2D eigenvalue weighted by Gasteiger charge is 2.32. The molecule has 0 bridgehead atoms. The predicted molar refractivity (Wildman–Crippen MR) is 67.1 cm³/mol. The summed E-state index contributed by atoms with van der Waals surface area (Å²) in [5, 5.41) is 2.77. The van der Waals surface area contributed by atoms with E-state index in [9.17, 15) is 13.2 Å². The van der Waals surface area contributed by atoms with Crippen molar-refractivity contribution < 1.29 is 27.4 Å². The summed E-state index contributed by atoms with van der Waals surface area (Å²) in [7, 11) is 2.87. The molecule has 0 fully saturated rings. The van der Waals surface area contributed by atoms with Crippen LogP contribution in [0.1, 0.15) is 0 Å². The van der Waals surface area contributed by atoms with Gasteiger partial charge in [0, 0.05) is 18.7 Å². The monoisotopic (exact) mass is 343 g/mol. The number of benzene rings is 1. The minimum Gasteiger partial charge on any atom is -0.404 e. The second-order valence-electron chi connectivity index (χ2n) is 3.47. The first kappa shape index (κ1) is 16.1. The summed E-state index contributed by atoms with van der Waals surface area (Å²) < 4.78 is 51.1. The molecule has 0 saturated heterocycles. The summed E-state index contributed by atoms with van der Waals surface area (Å²) in [5.41, 5.74) is 0.194. The number of alkyl halides is 3. The molecule has 1 aromatic carbocycles. The normalized spacial score (nSPS) is 11.7. The molecule has 0 aliphatic heterocycles. The van der Waals surface area contributed by atoms with Gasteiger partial charge in [-0.15, -0.1) is 13.2 Å². The van der Waals surface area contributed by atoms with E-state index in [4.69, 9.17) is 9.47 Å². The molecular weight excluding hydrogens is 331 g/mol. The van der Waals surface area contributed by atoms with E-state index in [0.29, 0.717) is 4.47 Å². The molecule has 0 aliphatic carbocycles. The molecule has 1 aromatic rings. The molecule has 4 nitrogen and oxygen atoms in total. The molecule has 0 saturated carbocycles. The Morgan fingerprint density at radius 3 is 2.42 bits per heavy atom. The zero-order valence-corrected chi connectivity index (χ0v) is 11.8. The quantitative estimate of drug-likeness (QED) is 0.804. The molecule has 1 rings (SSSR count). The van der Waals surface area contributed by atoms with Gasteiger partial charge in [0.1, 0.15) is 0 Å². The molecule has 0 spiro atoms. The number of rotatable bonds is 6. The maximum absolute atomic E-state index is 12.3. The largest absolute Gasteiger partial charge is 0.573 e. The van der Waals surface area contributed by atoms with Gasteiger partial charge >= 0.3 is 6.36 Å². The summed E-state index contributed by atoms with van der Waals surface area (Å²) >= 11 is 3.09. The van der Waals surface area contributed by atoms with Gasteiger partial charge in [-0.05, 0) is 18.2 Å². The number of anilines is 1. The molecule has 0 aliphatic rings. The zero-order valence-electron chi connectivity index (χ0n) is 10.3. The van der Waals surface area contributed by atoms with E-state index < -0.39 is 12.7 Å². The number of halogens is 4. The number of hydrogen-bond acceptors (Lipinski definition) is 4. The van der Waals surface area contributed by atoms with Crippen LogP contribution in [0.3, 0.4) is 0 Å². The van der Waals surface area contributed by atoms with Crippen molar-refractivity contribution >= 4 is 21.6 Å². The van der Waals surface area contributed by atoms with Crippen molar-refractivity contribution in [2.24, 2.45) is 0 Å². The van der Waals surface area contributed by atoms with E-state index in [1.165, 1.54) is 26.4 Å². The third kappa shape index (κ3) is 5.66. The van der Waals surface area contributed by atoms with Gasteiger partial charge in [-0.1, -0.05) is 15.9 Å². The van der Waals surface area contributed by atoms with E-state index in [1.54, 1.807) is 6.07 Å². The highest BCUT2D eigenvalue weighted by Crippen LogP contribution is 2.32. The maximum Gasteiger partial charge on any atom is 0.573 e. The Labute approximate surface area is 117 Å². The summed E-state index contributed by atoms with van der Waals surface area (Å²) in [6.45, 7) is 0.183. The SMILES string of the molecule is COC(CNc1ccc(Br)cc1OC(F)(F)F)OC. The van der Waals surface area contributed by atoms with Gasteiger partial charge in [0.2, 0.25) is 0 Å². The van der Waals surface area contributed by atoms with Crippen molar-refractivity contribution in [1.29, 1.82) is 0 Å². The van der Waals surface area contributed by atoms with Crippen molar-refractivity contribution in [1.82, 2.24) is 0 Å². The summed E-state index contributed by atoms with van der Waals surface area (Å²) in [6.07, 6.45) is -5.32. The topological polar surface area (TPSA) is 39.7 Å². The van der Waals surface area contributed by atoms with Crippen LogP contribution in [0, 0.1) is 0 Å². The summed E-state index contributed by atoms with van der Waals surface area (Å²) in [6, 6.07) is 4.29. The van der Waals surface area contributed by atoms with Gasteiger partial charge < -0.3 is 19.5 Å². The first-order chi connectivity index (χ1) is 8.85. The Hall–Kier alpha value is -0.990. The Balaban J connectivity index is 2.81. The van der Waals surface area contributed by atoms with Gasteiger partial charge in [-0.3, -0.25) is 0 Å². The Morgan fingerprint density at radius 2 is 1.89 bits per heavy atom. The minimum atomic E-state index is -4.75. The second-order valence-corrected chi connectivity index (χ2v) is 4.39. The highest BCUT2D eigenvalue weighted by atomic mass is 79.9. The fourth-order valence-electron chi connectivity index (χ4n) is 1.31. The first-order valence-corrected chi connectivity index (χ1v) is 5.99. The van der Waals surface area contributed by atoms with Crippen LogP contribution in [0.25, 0.3) is 0 Å². The third-order valence-electron chi connectivity index (χ3n) is 2.15. The van der Waals surface area contributed by atoms with E-state index >= 15 is 0 Å². The molecule has 8 heteroatoms. The van der Waals surface area contributed by atoms with Gasteiger partial charge in [-0.25, -0.2) is 0 Å². The molecule has 0 unspecified atom stereocenters. The van der Waals surface area contributed by atoms with Crippen molar-refractivity contribution in [3.05, 3.63) is 22.7 Å². The van der Waals surface area contributed by atoms with Crippen LogP contribution in [-0.4, -0.2) is 33.4 Å². The molecule has 1 N–H and O–H groups in total. The third-order valence-corrected chi connectivity index (χ3v) is 2.65. The molecule has 0 heterocycles. The molecule has 108 valence electrons. The van der Waals surface area contributed by atoms with Crippen LogP contribution in [0.4, 0.5) is 18.9 Å². The van der Waals surface area contributed by atoms with Crippen LogP contribution in [0.15, 0.2) is 22.7 Å². The first-order valence-electron chi connectivity index (χ1n) is 5.20. The summed E-state index contributed by atoms with van der Waals surface area (Å²) in [4.78, 5) is 0. The summed E-state index contributed by atoms with van der Waals surface area (Å²) in [5.74, 6) is -0.326. The van der Waals surface area contributed by atoms with E-state index in [2.05, 4.69) is 26.0 Å². The van der Waals surface area contributed by atoms with Gasteiger partial charge in [-0.2, -0.15) is 0 Å². The van der Waals surface area contributed by atoms with Crippen molar-refractivity contribution in [3.63, 3.8) is 0 Å². The number of hydrogen-bond donors (Lipinski definition) is 1. The molecule has 0 aromatic heterocycles. The number of methoxy groups -OCH3 is 2. The number of nitrogens with one attached hydrogen (secondary N) is 1. The van der Waals surface area contributed by atoms with E-state index in [-0.39, 0.29) is 18.0 Å². The van der Waals surface area contributed by atoms with E-state index in [1.807, 2.05) is 0 Å². The molecule has 0 atom stereocenters.